The van der Waals surface area contributed by atoms with Crippen LogP contribution in [0.5, 0.6) is 0 Å². The topological polar surface area (TPSA) is 92.5 Å². The first-order chi connectivity index (χ1) is 10.3. The second kappa shape index (κ2) is 6.37. The molecule has 0 aliphatic carbocycles. The van der Waals surface area contributed by atoms with Gasteiger partial charge >= 0.3 is 5.97 Å². The van der Waals surface area contributed by atoms with Gasteiger partial charge in [-0.25, -0.2) is 13.4 Å². The van der Waals surface area contributed by atoms with Gasteiger partial charge in [-0.1, -0.05) is 20.3 Å². The Morgan fingerprint density at radius 2 is 2.18 bits per heavy atom. The number of likely N-dealkylation sites (N-methyl/N-ethyl adjacent to an activating group) is 1. The zero-order chi connectivity index (χ0) is 16.5. The largest absolute Gasteiger partial charge is 0.480 e. The van der Waals surface area contributed by atoms with E-state index in [-0.39, 0.29) is 10.9 Å². The number of carboxylic acid groups (broad SMARTS) is 1. The molecule has 0 saturated heterocycles. The highest BCUT2D eigenvalue weighted by Crippen LogP contribution is 2.23. The van der Waals surface area contributed by atoms with E-state index in [2.05, 4.69) is 4.98 Å². The lowest BCUT2D eigenvalue weighted by Gasteiger charge is -2.27. The van der Waals surface area contributed by atoms with Gasteiger partial charge in [0.1, 0.15) is 11.9 Å². The number of sulfonamides is 1. The molecule has 2 rings (SSSR count). The van der Waals surface area contributed by atoms with Crippen molar-refractivity contribution in [2.45, 2.75) is 57.1 Å². The lowest BCUT2D eigenvalue weighted by molar-refractivity contribution is -0.142. The summed E-state index contributed by atoms with van der Waals surface area (Å²) in [4.78, 5) is 15.7. The van der Waals surface area contributed by atoms with Gasteiger partial charge < -0.3 is 9.67 Å². The molecule has 2 atom stereocenters. The molecule has 0 spiro atoms. The maximum atomic E-state index is 12.7. The summed E-state index contributed by atoms with van der Waals surface area (Å²) in [5.74, 6) is -0.660. The summed E-state index contributed by atoms with van der Waals surface area (Å²) in [7, 11) is -2.59. The predicted octanol–water partition coefficient (Wildman–Crippen LogP) is 1.34. The van der Waals surface area contributed by atoms with Crippen LogP contribution in [0, 0.1) is 5.92 Å². The molecule has 2 heterocycles. The van der Waals surface area contributed by atoms with Crippen LogP contribution < -0.4 is 0 Å². The van der Waals surface area contributed by atoms with Crippen LogP contribution in [0.1, 0.15) is 38.9 Å². The van der Waals surface area contributed by atoms with Gasteiger partial charge in [0.2, 0.25) is 0 Å². The third-order valence-electron chi connectivity index (χ3n) is 4.36. The van der Waals surface area contributed by atoms with Crippen LogP contribution in [0.15, 0.2) is 11.2 Å². The van der Waals surface area contributed by atoms with Crippen LogP contribution in [0.2, 0.25) is 0 Å². The van der Waals surface area contributed by atoms with Crippen molar-refractivity contribution in [3.63, 3.8) is 0 Å². The van der Waals surface area contributed by atoms with Crippen molar-refractivity contribution < 1.29 is 18.3 Å². The quantitative estimate of drug-likeness (QED) is 0.850. The van der Waals surface area contributed by atoms with Crippen molar-refractivity contribution in [2.24, 2.45) is 5.92 Å². The third kappa shape index (κ3) is 3.03. The monoisotopic (exact) mass is 329 g/mol. The van der Waals surface area contributed by atoms with Crippen molar-refractivity contribution in [1.29, 1.82) is 0 Å². The molecule has 2 unspecified atom stereocenters. The number of carboxylic acids is 1. The first kappa shape index (κ1) is 17.0. The number of nitrogens with zero attached hydrogens (tertiary/aromatic N) is 3. The number of carbonyl (C=O) groups is 1. The Morgan fingerprint density at radius 3 is 2.73 bits per heavy atom. The minimum atomic E-state index is -3.91. The number of fused-ring (bicyclic) bond motifs is 1. The minimum Gasteiger partial charge on any atom is -0.480 e. The second-order valence-electron chi connectivity index (χ2n) is 5.84. The normalized spacial score (nSPS) is 18.0. The van der Waals surface area contributed by atoms with E-state index >= 15 is 0 Å². The summed E-state index contributed by atoms with van der Waals surface area (Å²) in [6, 6.07) is -1.09. The van der Waals surface area contributed by atoms with E-state index in [9.17, 15) is 18.3 Å². The molecule has 0 radical (unpaired) electrons. The summed E-state index contributed by atoms with van der Waals surface area (Å²) in [6.07, 6.45) is 4.86. The summed E-state index contributed by atoms with van der Waals surface area (Å²) < 4.78 is 28.2. The number of hydrogen-bond acceptors (Lipinski definition) is 4. The van der Waals surface area contributed by atoms with Crippen LogP contribution in [0.25, 0.3) is 0 Å². The first-order valence-corrected chi connectivity index (χ1v) is 9.00. The van der Waals surface area contributed by atoms with Gasteiger partial charge in [0, 0.05) is 26.2 Å². The van der Waals surface area contributed by atoms with Gasteiger partial charge in [0.25, 0.3) is 10.0 Å². The minimum absolute atomic E-state index is 0.0542. The maximum Gasteiger partial charge on any atom is 0.322 e. The molecular formula is C14H23N3O4S. The molecule has 8 heteroatoms. The molecule has 0 bridgehead atoms. The van der Waals surface area contributed by atoms with Gasteiger partial charge in [-0.15, -0.1) is 0 Å². The summed E-state index contributed by atoms with van der Waals surface area (Å²) >= 11 is 0. The molecule has 0 aromatic carbocycles. The first-order valence-electron chi connectivity index (χ1n) is 7.56. The van der Waals surface area contributed by atoms with E-state index in [4.69, 9.17) is 0 Å². The summed E-state index contributed by atoms with van der Waals surface area (Å²) in [5, 5.41) is 9.33. The molecule has 1 aliphatic rings. The summed E-state index contributed by atoms with van der Waals surface area (Å²) in [5.41, 5.74) is 0. The predicted molar refractivity (Wildman–Crippen MR) is 81.0 cm³/mol. The van der Waals surface area contributed by atoms with Gasteiger partial charge in [-0.3, -0.25) is 4.79 Å². The average Bonchev–Trinajstić information content (AvgIpc) is 2.91. The molecule has 0 saturated carbocycles. The number of imidazole rings is 1. The van der Waals surface area contributed by atoms with E-state index in [1.807, 2.05) is 11.5 Å². The molecular weight excluding hydrogens is 306 g/mol. The van der Waals surface area contributed by atoms with E-state index in [0.717, 1.165) is 35.9 Å². The van der Waals surface area contributed by atoms with Gasteiger partial charge in [0.15, 0.2) is 5.03 Å². The Morgan fingerprint density at radius 1 is 1.50 bits per heavy atom. The standard InChI is InChI=1S/C14H23N3O4S/c1-4-10(2)13(14(18)19)16(3)22(20,21)12-9-17-8-6-5-7-11(17)15-12/h9-10,13H,4-8H2,1-3H3,(H,18,19). The van der Waals surface area contributed by atoms with E-state index in [0.29, 0.717) is 6.42 Å². The number of rotatable bonds is 6. The maximum absolute atomic E-state index is 12.7. The highest BCUT2D eigenvalue weighted by Gasteiger charge is 2.37. The summed E-state index contributed by atoms with van der Waals surface area (Å²) in [6.45, 7) is 4.34. The fourth-order valence-corrected chi connectivity index (χ4v) is 4.16. The molecule has 22 heavy (non-hydrogen) atoms. The van der Waals surface area contributed by atoms with Crippen LogP contribution in [0.3, 0.4) is 0 Å². The highest BCUT2D eigenvalue weighted by atomic mass is 32.2. The van der Waals surface area contributed by atoms with E-state index < -0.39 is 22.0 Å². The average molecular weight is 329 g/mol. The highest BCUT2D eigenvalue weighted by molar-refractivity contribution is 7.89. The zero-order valence-electron chi connectivity index (χ0n) is 13.2. The Bertz CT molecular complexity index is 630. The van der Waals surface area contributed by atoms with E-state index in [1.165, 1.54) is 13.2 Å². The van der Waals surface area contributed by atoms with Gasteiger partial charge in [-0.05, 0) is 18.8 Å². The second-order valence-corrected chi connectivity index (χ2v) is 7.78. The van der Waals surface area contributed by atoms with Gasteiger partial charge in [0.05, 0.1) is 0 Å². The lowest BCUT2D eigenvalue weighted by atomic mass is 10.00. The third-order valence-corrected chi connectivity index (χ3v) is 6.07. The van der Waals surface area contributed by atoms with Crippen molar-refractivity contribution in [2.75, 3.05) is 7.05 Å². The lowest BCUT2D eigenvalue weighted by Crippen LogP contribution is -2.46. The van der Waals surface area contributed by atoms with Crippen LogP contribution in [-0.2, 0) is 27.8 Å². The molecule has 124 valence electrons. The van der Waals surface area contributed by atoms with Crippen molar-refractivity contribution >= 4 is 16.0 Å². The van der Waals surface area contributed by atoms with E-state index in [1.54, 1.807) is 6.92 Å². The van der Waals surface area contributed by atoms with Crippen molar-refractivity contribution in [3.8, 4) is 0 Å². The Labute approximate surface area is 131 Å². The molecule has 7 nitrogen and oxygen atoms in total. The van der Waals surface area contributed by atoms with Gasteiger partial charge in [-0.2, -0.15) is 4.31 Å². The Balaban J connectivity index is 2.35. The van der Waals surface area contributed by atoms with Crippen molar-refractivity contribution in [1.82, 2.24) is 13.9 Å². The number of hydrogen-bond donors (Lipinski definition) is 1. The van der Waals surface area contributed by atoms with Crippen molar-refractivity contribution in [3.05, 3.63) is 12.0 Å². The van der Waals surface area contributed by atoms with Crippen LogP contribution in [-0.4, -0.2) is 46.4 Å². The zero-order valence-corrected chi connectivity index (χ0v) is 14.0. The SMILES string of the molecule is CCC(C)C(C(=O)O)N(C)S(=O)(=O)c1cn2c(n1)CCCC2. The Hall–Kier alpha value is -1.41. The molecule has 0 amide bonds. The molecule has 1 aliphatic heterocycles. The molecule has 1 aromatic heterocycles. The van der Waals surface area contributed by atoms with Crippen LogP contribution >= 0.6 is 0 Å². The number of aromatic nitrogens is 2. The fourth-order valence-electron chi connectivity index (χ4n) is 2.79. The fraction of sp³-hybridized carbons (Fsp3) is 0.714. The molecule has 1 N–H and O–H groups in total. The number of aryl methyl sites for hydroxylation is 2. The smallest absolute Gasteiger partial charge is 0.322 e. The Kier molecular flexibility index (Phi) is 4.91. The van der Waals surface area contributed by atoms with Crippen LogP contribution in [0.4, 0.5) is 0 Å². The number of aliphatic carboxylic acids is 1. The molecule has 1 aromatic rings. The molecule has 0 fully saturated rings.